The summed E-state index contributed by atoms with van der Waals surface area (Å²) >= 11 is 0.995. The average Bonchev–Trinajstić information content (AvgIpc) is 2.49. The van der Waals surface area contributed by atoms with Crippen LogP contribution in [0.1, 0.15) is 13.8 Å². The quantitative estimate of drug-likeness (QED) is 0.730. The van der Waals surface area contributed by atoms with E-state index in [2.05, 4.69) is 0 Å². The van der Waals surface area contributed by atoms with Gasteiger partial charge in [-0.15, -0.1) is 0 Å². The molecular formula is C15H18O6S. The first-order valence-corrected chi connectivity index (χ1v) is 7.63. The summed E-state index contributed by atoms with van der Waals surface area (Å²) in [4.78, 5) is 33.8. The third-order valence-electron chi connectivity index (χ3n) is 2.62. The van der Waals surface area contributed by atoms with Crippen LogP contribution in [0.4, 0.5) is 0 Å². The van der Waals surface area contributed by atoms with Crippen molar-refractivity contribution in [2.75, 3.05) is 12.4 Å². The molecule has 0 bridgehead atoms. The van der Waals surface area contributed by atoms with E-state index in [-0.39, 0.29) is 17.5 Å². The van der Waals surface area contributed by atoms with Gasteiger partial charge in [0.05, 0.1) is 5.92 Å². The summed E-state index contributed by atoms with van der Waals surface area (Å²) < 4.78 is 10.2. The van der Waals surface area contributed by atoms with Crippen molar-refractivity contribution in [2.24, 2.45) is 5.92 Å². The zero-order valence-corrected chi connectivity index (χ0v) is 13.2. The Hall–Kier alpha value is -2.02. The molecule has 0 saturated carbocycles. The number of ether oxygens (including phenoxy) is 2. The summed E-state index contributed by atoms with van der Waals surface area (Å²) in [5, 5.41) is 8.97. The summed E-state index contributed by atoms with van der Waals surface area (Å²) in [6, 6.07) is 8.64. The number of carboxylic acid groups (broad SMARTS) is 1. The van der Waals surface area contributed by atoms with Crippen LogP contribution in [0, 0.1) is 5.92 Å². The van der Waals surface area contributed by atoms with Gasteiger partial charge in [-0.3, -0.25) is 9.59 Å². The molecule has 0 aromatic heterocycles. The number of carbonyl (C=O) groups is 3. The van der Waals surface area contributed by atoms with Crippen molar-refractivity contribution in [2.45, 2.75) is 20.0 Å². The molecule has 1 aromatic carbocycles. The van der Waals surface area contributed by atoms with Gasteiger partial charge < -0.3 is 14.6 Å². The van der Waals surface area contributed by atoms with Gasteiger partial charge in [0.15, 0.2) is 5.12 Å². The molecular weight excluding hydrogens is 308 g/mol. The summed E-state index contributed by atoms with van der Waals surface area (Å²) in [6.07, 6.45) is -1.39. The maximum absolute atomic E-state index is 11.8. The van der Waals surface area contributed by atoms with Gasteiger partial charge in [0, 0.05) is 12.7 Å². The van der Waals surface area contributed by atoms with E-state index in [4.69, 9.17) is 14.6 Å². The molecule has 1 rings (SSSR count). The Labute approximate surface area is 132 Å². The van der Waals surface area contributed by atoms with Crippen LogP contribution < -0.4 is 4.74 Å². The van der Waals surface area contributed by atoms with Gasteiger partial charge >= 0.3 is 11.9 Å². The molecule has 22 heavy (non-hydrogen) atoms. The fourth-order valence-corrected chi connectivity index (χ4v) is 2.03. The lowest BCUT2D eigenvalue weighted by Gasteiger charge is -2.17. The first-order valence-electron chi connectivity index (χ1n) is 6.64. The Bertz CT molecular complexity index is 516. The first-order chi connectivity index (χ1) is 10.4. The molecule has 0 saturated heterocycles. The van der Waals surface area contributed by atoms with E-state index in [1.54, 1.807) is 37.3 Å². The molecule has 0 amide bonds. The van der Waals surface area contributed by atoms with Crippen molar-refractivity contribution < 1.29 is 29.0 Å². The van der Waals surface area contributed by atoms with Crippen LogP contribution in [0.25, 0.3) is 0 Å². The van der Waals surface area contributed by atoms with Crippen molar-refractivity contribution in [3.63, 3.8) is 0 Å². The lowest BCUT2D eigenvalue weighted by atomic mass is 10.2. The highest BCUT2D eigenvalue weighted by molar-refractivity contribution is 8.13. The maximum atomic E-state index is 11.8. The number of rotatable bonds is 8. The van der Waals surface area contributed by atoms with Crippen molar-refractivity contribution in [1.82, 2.24) is 0 Å². The third kappa shape index (κ3) is 6.62. The number of carbonyl (C=O) groups excluding carboxylic acids is 2. The molecule has 1 N–H and O–H groups in total. The lowest BCUT2D eigenvalue weighted by Crippen LogP contribution is -2.35. The van der Waals surface area contributed by atoms with Crippen LogP contribution in [0.3, 0.4) is 0 Å². The van der Waals surface area contributed by atoms with Crippen LogP contribution in [0.15, 0.2) is 30.3 Å². The minimum Gasteiger partial charge on any atom is -0.489 e. The summed E-state index contributed by atoms with van der Waals surface area (Å²) in [5.74, 6) is -1.79. The molecule has 6 nitrogen and oxygen atoms in total. The number of benzene rings is 1. The van der Waals surface area contributed by atoms with Gasteiger partial charge in [0.1, 0.15) is 12.4 Å². The van der Waals surface area contributed by atoms with Gasteiger partial charge in [-0.1, -0.05) is 36.9 Å². The Morgan fingerprint density at radius 3 is 2.41 bits per heavy atom. The second-order valence-corrected chi connectivity index (χ2v) is 5.79. The number of esters is 1. The average molecular weight is 326 g/mol. The van der Waals surface area contributed by atoms with Gasteiger partial charge in [-0.25, -0.2) is 4.79 Å². The molecule has 0 aliphatic carbocycles. The minimum atomic E-state index is -1.39. The van der Waals surface area contributed by atoms with Gasteiger partial charge in [0.25, 0.3) is 0 Å². The van der Waals surface area contributed by atoms with E-state index in [1.807, 2.05) is 0 Å². The van der Waals surface area contributed by atoms with E-state index in [1.165, 1.54) is 6.92 Å². The highest BCUT2D eigenvalue weighted by Crippen LogP contribution is 2.13. The zero-order valence-electron chi connectivity index (χ0n) is 12.4. The fourth-order valence-electron chi connectivity index (χ4n) is 1.41. The monoisotopic (exact) mass is 326 g/mol. The smallest absolute Gasteiger partial charge is 0.348 e. The number of para-hydroxylation sites is 1. The molecule has 7 heteroatoms. The van der Waals surface area contributed by atoms with E-state index in [9.17, 15) is 14.4 Å². The zero-order chi connectivity index (χ0) is 16.5. The van der Waals surface area contributed by atoms with Crippen molar-refractivity contribution in [1.29, 1.82) is 0 Å². The van der Waals surface area contributed by atoms with E-state index >= 15 is 0 Å². The van der Waals surface area contributed by atoms with Crippen molar-refractivity contribution >= 4 is 28.8 Å². The molecule has 120 valence electrons. The third-order valence-corrected chi connectivity index (χ3v) is 3.69. The normalized spacial score (nSPS) is 13.0. The standard InChI is InChI=1S/C15H18O6S/c1-10(9-22-11(2)16)15(19)21-13(14(17)18)8-20-12-6-4-3-5-7-12/h3-7,10,13H,8-9H2,1-2H3,(H,17,18)/t10-,13?/m1/s1. The van der Waals surface area contributed by atoms with Crippen LogP contribution in [0.2, 0.25) is 0 Å². The fraction of sp³-hybridized carbons (Fsp3) is 0.400. The highest BCUT2D eigenvalue weighted by Gasteiger charge is 2.26. The second kappa shape index (κ2) is 9.09. The van der Waals surface area contributed by atoms with Crippen molar-refractivity contribution in [3.8, 4) is 5.75 Å². The molecule has 0 radical (unpaired) electrons. The number of hydrogen-bond donors (Lipinski definition) is 1. The maximum Gasteiger partial charge on any atom is 0.348 e. The Kier molecular flexibility index (Phi) is 7.45. The van der Waals surface area contributed by atoms with Gasteiger partial charge in [-0.05, 0) is 12.1 Å². The molecule has 1 unspecified atom stereocenters. The predicted octanol–water partition coefficient (Wildman–Crippen LogP) is 1.98. The van der Waals surface area contributed by atoms with Gasteiger partial charge in [-0.2, -0.15) is 0 Å². The van der Waals surface area contributed by atoms with E-state index in [0.29, 0.717) is 5.75 Å². The molecule has 0 spiro atoms. The molecule has 0 aliphatic rings. The topological polar surface area (TPSA) is 89.9 Å². The number of thioether (sulfide) groups is 1. The van der Waals surface area contributed by atoms with Crippen LogP contribution in [-0.4, -0.2) is 40.6 Å². The van der Waals surface area contributed by atoms with Gasteiger partial charge in [0.2, 0.25) is 6.10 Å². The molecule has 1 aromatic rings. The number of aliphatic carboxylic acids is 1. The molecule has 0 fully saturated rings. The van der Waals surface area contributed by atoms with Crippen LogP contribution in [0.5, 0.6) is 5.75 Å². The Morgan fingerprint density at radius 1 is 1.23 bits per heavy atom. The minimum absolute atomic E-state index is 0.109. The Balaban J connectivity index is 2.51. The lowest BCUT2D eigenvalue weighted by molar-refractivity contribution is -0.168. The highest BCUT2D eigenvalue weighted by atomic mass is 32.2. The SMILES string of the molecule is CC(=O)SC[C@@H](C)C(=O)OC(COc1ccccc1)C(=O)O. The van der Waals surface area contributed by atoms with E-state index in [0.717, 1.165) is 11.8 Å². The second-order valence-electron chi connectivity index (χ2n) is 4.59. The molecule has 0 heterocycles. The number of carboxylic acids is 1. The van der Waals surface area contributed by atoms with E-state index < -0.39 is 24.0 Å². The number of hydrogen-bond acceptors (Lipinski definition) is 6. The largest absolute Gasteiger partial charge is 0.489 e. The summed E-state index contributed by atoms with van der Waals surface area (Å²) in [6.45, 7) is 2.70. The first kappa shape index (κ1) is 18.0. The van der Waals surface area contributed by atoms with Crippen LogP contribution in [-0.2, 0) is 19.1 Å². The van der Waals surface area contributed by atoms with Crippen molar-refractivity contribution in [3.05, 3.63) is 30.3 Å². The molecule has 2 atom stereocenters. The predicted molar refractivity (Wildman–Crippen MR) is 81.8 cm³/mol. The molecule has 0 aliphatic heterocycles. The summed E-state index contributed by atoms with van der Waals surface area (Å²) in [5.41, 5.74) is 0. The summed E-state index contributed by atoms with van der Waals surface area (Å²) in [7, 11) is 0. The van der Waals surface area contributed by atoms with Crippen LogP contribution >= 0.6 is 11.8 Å². The Morgan fingerprint density at radius 2 is 1.86 bits per heavy atom.